The molecule has 0 aliphatic carbocycles. The summed E-state index contributed by atoms with van der Waals surface area (Å²) in [7, 11) is -2.61. The number of sulfonamides is 1. The smallest absolute Gasteiger partial charge is 0.264 e. The standard InChI is InChI=1S/C30H36BrN3O5S/c1-21(2)18-32-30(36)23(4)33(19-24-8-10-25(31)11-9-24)29(35)20-34(26-12-14-27(39-5)15-13-26)40(37,38)28-16-6-22(3)7-17-28/h6-17,21,23H,18-20H2,1-5H3,(H,32,36). The Morgan fingerprint density at radius 3 is 2.08 bits per heavy atom. The number of methoxy groups -OCH3 is 1. The highest BCUT2D eigenvalue weighted by Crippen LogP contribution is 2.27. The molecule has 0 saturated carbocycles. The van der Waals surface area contributed by atoms with Crippen LogP contribution in [0.2, 0.25) is 0 Å². The Morgan fingerprint density at radius 2 is 1.52 bits per heavy atom. The van der Waals surface area contributed by atoms with Gasteiger partial charge >= 0.3 is 0 Å². The molecule has 3 rings (SSSR count). The number of ether oxygens (including phenoxy) is 1. The fourth-order valence-electron chi connectivity index (χ4n) is 3.94. The van der Waals surface area contributed by atoms with Gasteiger partial charge in [0.25, 0.3) is 10.0 Å². The molecule has 0 aliphatic heterocycles. The van der Waals surface area contributed by atoms with Crippen LogP contribution in [0, 0.1) is 12.8 Å². The molecule has 40 heavy (non-hydrogen) atoms. The maximum absolute atomic E-state index is 13.9. The Balaban J connectivity index is 2.01. The number of aryl methyl sites for hydroxylation is 1. The fourth-order valence-corrected chi connectivity index (χ4v) is 5.61. The molecule has 10 heteroatoms. The third-order valence-electron chi connectivity index (χ3n) is 6.37. The van der Waals surface area contributed by atoms with E-state index in [-0.39, 0.29) is 23.3 Å². The lowest BCUT2D eigenvalue weighted by atomic mass is 10.1. The molecule has 0 heterocycles. The van der Waals surface area contributed by atoms with E-state index < -0.39 is 28.5 Å². The van der Waals surface area contributed by atoms with Crippen molar-refractivity contribution in [2.45, 2.75) is 45.2 Å². The Kier molecular flexibility index (Phi) is 10.8. The largest absolute Gasteiger partial charge is 0.497 e. The lowest BCUT2D eigenvalue weighted by molar-refractivity contribution is -0.139. The number of hydrogen-bond acceptors (Lipinski definition) is 5. The van der Waals surface area contributed by atoms with E-state index in [1.807, 2.05) is 45.0 Å². The topological polar surface area (TPSA) is 96.0 Å². The van der Waals surface area contributed by atoms with Crippen LogP contribution in [0.25, 0.3) is 0 Å². The quantitative estimate of drug-likeness (QED) is 0.299. The lowest BCUT2D eigenvalue weighted by Crippen LogP contribution is -2.51. The molecule has 3 aromatic carbocycles. The molecular weight excluding hydrogens is 594 g/mol. The van der Waals surface area contributed by atoms with E-state index in [1.165, 1.54) is 24.1 Å². The molecule has 1 N–H and O–H groups in total. The van der Waals surface area contributed by atoms with Gasteiger partial charge in [0.2, 0.25) is 11.8 Å². The number of nitrogens with zero attached hydrogens (tertiary/aromatic N) is 2. The van der Waals surface area contributed by atoms with Crippen molar-refractivity contribution in [1.82, 2.24) is 10.2 Å². The zero-order valence-corrected chi connectivity index (χ0v) is 25.8. The minimum Gasteiger partial charge on any atom is -0.497 e. The van der Waals surface area contributed by atoms with E-state index in [0.29, 0.717) is 18.0 Å². The molecule has 1 atom stereocenters. The zero-order valence-electron chi connectivity index (χ0n) is 23.4. The molecule has 8 nitrogen and oxygen atoms in total. The summed E-state index contributed by atoms with van der Waals surface area (Å²) in [5.74, 6) is -0.0368. The third kappa shape index (κ3) is 8.08. The lowest BCUT2D eigenvalue weighted by Gasteiger charge is -2.32. The van der Waals surface area contributed by atoms with Crippen molar-refractivity contribution < 1.29 is 22.7 Å². The molecule has 3 aromatic rings. The van der Waals surface area contributed by atoms with Crippen LogP contribution in [0.4, 0.5) is 5.69 Å². The molecule has 0 saturated heterocycles. The molecule has 2 amide bonds. The van der Waals surface area contributed by atoms with E-state index in [2.05, 4.69) is 21.2 Å². The van der Waals surface area contributed by atoms with Crippen molar-refractivity contribution in [2.75, 3.05) is 24.5 Å². The molecule has 0 spiro atoms. The summed E-state index contributed by atoms with van der Waals surface area (Å²) in [5.41, 5.74) is 2.01. The maximum Gasteiger partial charge on any atom is 0.264 e. The normalized spacial score (nSPS) is 12.1. The van der Waals surface area contributed by atoms with Crippen LogP contribution in [-0.2, 0) is 26.2 Å². The highest BCUT2D eigenvalue weighted by atomic mass is 79.9. The molecule has 0 bridgehead atoms. The predicted molar refractivity (Wildman–Crippen MR) is 161 cm³/mol. The van der Waals surface area contributed by atoms with Gasteiger partial charge in [-0.25, -0.2) is 8.42 Å². The number of amides is 2. The number of halogens is 1. The maximum atomic E-state index is 13.9. The second kappa shape index (κ2) is 13.8. The highest BCUT2D eigenvalue weighted by Gasteiger charge is 2.32. The zero-order chi connectivity index (χ0) is 29.4. The first-order valence-electron chi connectivity index (χ1n) is 13.0. The first kappa shape index (κ1) is 31.2. The second-order valence-corrected chi connectivity index (χ2v) is 12.8. The summed E-state index contributed by atoms with van der Waals surface area (Å²) in [5, 5.41) is 2.89. The first-order chi connectivity index (χ1) is 18.9. The Hall–Kier alpha value is -3.37. The van der Waals surface area contributed by atoms with E-state index in [1.54, 1.807) is 43.3 Å². The van der Waals surface area contributed by atoms with Crippen LogP contribution in [0.1, 0.15) is 31.9 Å². The van der Waals surface area contributed by atoms with E-state index in [4.69, 9.17) is 4.74 Å². The van der Waals surface area contributed by atoms with E-state index >= 15 is 0 Å². The van der Waals surface area contributed by atoms with Crippen LogP contribution in [0.15, 0.2) is 82.2 Å². The van der Waals surface area contributed by atoms with Gasteiger partial charge in [-0.3, -0.25) is 13.9 Å². The Morgan fingerprint density at radius 1 is 0.925 bits per heavy atom. The molecule has 1 unspecified atom stereocenters. The minimum atomic E-state index is -4.13. The van der Waals surface area contributed by atoms with Crippen molar-refractivity contribution in [3.8, 4) is 5.75 Å². The van der Waals surface area contributed by atoms with Crippen LogP contribution in [0.5, 0.6) is 5.75 Å². The van der Waals surface area contributed by atoms with Gasteiger partial charge in [-0.1, -0.05) is 59.6 Å². The fraction of sp³-hybridized carbons (Fsp3) is 0.333. The molecular formula is C30H36BrN3O5S. The third-order valence-corrected chi connectivity index (χ3v) is 8.68. The number of rotatable bonds is 12. The summed E-state index contributed by atoms with van der Waals surface area (Å²) in [6.45, 7) is 7.58. The molecule has 0 aliphatic rings. The van der Waals surface area contributed by atoms with Crippen molar-refractivity contribution in [3.05, 3.63) is 88.4 Å². The molecule has 0 aromatic heterocycles. The van der Waals surface area contributed by atoms with Gasteiger partial charge in [0.15, 0.2) is 0 Å². The summed E-state index contributed by atoms with van der Waals surface area (Å²) in [6, 6.07) is 19.5. The molecule has 214 valence electrons. The van der Waals surface area contributed by atoms with Gasteiger partial charge in [0.05, 0.1) is 17.7 Å². The van der Waals surface area contributed by atoms with Crippen LogP contribution < -0.4 is 14.4 Å². The average molecular weight is 631 g/mol. The number of anilines is 1. The molecule has 0 fully saturated rings. The van der Waals surface area contributed by atoms with Crippen molar-refractivity contribution >= 4 is 43.5 Å². The minimum absolute atomic E-state index is 0.0592. The van der Waals surface area contributed by atoms with Crippen LogP contribution in [0.3, 0.4) is 0 Å². The second-order valence-electron chi connectivity index (χ2n) is 9.99. The highest BCUT2D eigenvalue weighted by molar-refractivity contribution is 9.10. The van der Waals surface area contributed by atoms with Crippen molar-refractivity contribution in [3.63, 3.8) is 0 Å². The SMILES string of the molecule is COc1ccc(N(CC(=O)N(Cc2ccc(Br)cc2)C(C)C(=O)NCC(C)C)S(=O)(=O)c2ccc(C)cc2)cc1. The van der Waals surface area contributed by atoms with Crippen LogP contribution >= 0.6 is 15.9 Å². The van der Waals surface area contributed by atoms with Gasteiger partial charge in [-0.2, -0.15) is 0 Å². The summed E-state index contributed by atoms with van der Waals surface area (Å²) in [6.07, 6.45) is 0. The Labute approximate surface area is 245 Å². The Bertz CT molecular complexity index is 1390. The number of carbonyl (C=O) groups excluding carboxylic acids is 2. The first-order valence-corrected chi connectivity index (χ1v) is 15.2. The van der Waals surface area contributed by atoms with Gasteiger partial charge in [0.1, 0.15) is 18.3 Å². The summed E-state index contributed by atoms with van der Waals surface area (Å²) in [4.78, 5) is 28.5. The van der Waals surface area contributed by atoms with Gasteiger partial charge in [0, 0.05) is 17.6 Å². The predicted octanol–water partition coefficient (Wildman–Crippen LogP) is 5.15. The monoisotopic (exact) mass is 629 g/mol. The summed E-state index contributed by atoms with van der Waals surface area (Å²) >= 11 is 3.42. The van der Waals surface area contributed by atoms with Crippen LogP contribution in [-0.4, -0.2) is 51.4 Å². The molecule has 0 radical (unpaired) electrons. The summed E-state index contributed by atoms with van der Waals surface area (Å²) < 4.78 is 34.9. The average Bonchev–Trinajstić information content (AvgIpc) is 2.94. The van der Waals surface area contributed by atoms with Crippen molar-refractivity contribution in [2.24, 2.45) is 5.92 Å². The van der Waals surface area contributed by atoms with Crippen molar-refractivity contribution in [1.29, 1.82) is 0 Å². The number of nitrogens with one attached hydrogen (secondary N) is 1. The van der Waals surface area contributed by atoms with Gasteiger partial charge in [-0.15, -0.1) is 0 Å². The number of benzene rings is 3. The number of hydrogen-bond donors (Lipinski definition) is 1. The van der Waals surface area contributed by atoms with Gasteiger partial charge < -0.3 is 15.0 Å². The number of carbonyl (C=O) groups is 2. The van der Waals surface area contributed by atoms with E-state index in [0.717, 1.165) is 19.9 Å². The van der Waals surface area contributed by atoms with Gasteiger partial charge in [-0.05, 0) is 73.9 Å². The van der Waals surface area contributed by atoms with E-state index in [9.17, 15) is 18.0 Å².